The lowest BCUT2D eigenvalue weighted by atomic mass is 10.1. The van der Waals surface area contributed by atoms with E-state index < -0.39 is 10.0 Å². The quantitative estimate of drug-likeness (QED) is 0.750. The van der Waals surface area contributed by atoms with Gasteiger partial charge in [0, 0.05) is 50.6 Å². The zero-order valence-corrected chi connectivity index (χ0v) is 14.7. The van der Waals surface area contributed by atoms with Gasteiger partial charge in [0.05, 0.1) is 6.54 Å². The van der Waals surface area contributed by atoms with Crippen LogP contribution in [0.3, 0.4) is 0 Å². The summed E-state index contributed by atoms with van der Waals surface area (Å²) >= 11 is 0. The zero-order valence-electron chi connectivity index (χ0n) is 13.8. The lowest BCUT2D eigenvalue weighted by Crippen LogP contribution is -2.34. The van der Waals surface area contributed by atoms with Crippen LogP contribution in [0.25, 0.3) is 0 Å². The molecule has 0 aliphatic carbocycles. The Kier molecular flexibility index (Phi) is 5.33. The van der Waals surface area contributed by atoms with Crippen LogP contribution in [-0.2, 0) is 27.8 Å². The number of rotatable bonds is 6. The minimum atomic E-state index is -3.55. The number of fused-ring (bicyclic) bond motifs is 1. The van der Waals surface area contributed by atoms with E-state index >= 15 is 0 Å². The maximum atomic E-state index is 13.0. The molecule has 1 atom stereocenters. The fraction of sp³-hybridized carbons (Fsp3) is 0.471. The largest absolute Gasteiger partial charge is 0.382 e. The number of sulfonamides is 1. The Morgan fingerprint density at radius 3 is 2.92 bits per heavy atom. The Morgan fingerprint density at radius 2 is 2.17 bits per heavy atom. The standard InChI is InChI=1S/C17H23N3O3S/c1-2-23-10-7-15-12-19-9-4-5-16(19)14-20(13-15)24(21,22)17-6-3-8-18-11-17/h3-6,8-9,11,15H,2,7,10,12-14H2,1H3/t15-/m0/s1. The number of hydrogen-bond acceptors (Lipinski definition) is 4. The number of aromatic nitrogens is 2. The van der Waals surface area contributed by atoms with E-state index in [1.165, 1.54) is 6.20 Å². The zero-order chi connectivity index (χ0) is 17.0. The van der Waals surface area contributed by atoms with Crippen molar-refractivity contribution in [2.24, 2.45) is 5.92 Å². The number of hydrogen-bond donors (Lipinski definition) is 0. The van der Waals surface area contributed by atoms with Crippen molar-refractivity contribution < 1.29 is 13.2 Å². The van der Waals surface area contributed by atoms with E-state index in [4.69, 9.17) is 4.74 Å². The molecule has 0 saturated carbocycles. The van der Waals surface area contributed by atoms with E-state index in [9.17, 15) is 8.42 Å². The highest BCUT2D eigenvalue weighted by Gasteiger charge is 2.30. The Balaban J connectivity index is 1.86. The molecule has 0 saturated heterocycles. The first-order valence-electron chi connectivity index (χ1n) is 8.23. The van der Waals surface area contributed by atoms with Gasteiger partial charge in [-0.15, -0.1) is 0 Å². The van der Waals surface area contributed by atoms with Gasteiger partial charge < -0.3 is 9.30 Å². The second-order valence-electron chi connectivity index (χ2n) is 5.99. The molecule has 2 aromatic heterocycles. The summed E-state index contributed by atoms with van der Waals surface area (Å²) < 4.78 is 35.2. The minimum absolute atomic E-state index is 0.219. The molecule has 1 aliphatic rings. The van der Waals surface area contributed by atoms with Crippen molar-refractivity contribution in [2.75, 3.05) is 19.8 Å². The summed E-state index contributed by atoms with van der Waals surface area (Å²) in [4.78, 5) is 4.20. The molecular weight excluding hydrogens is 326 g/mol. The van der Waals surface area contributed by atoms with E-state index in [0.717, 1.165) is 18.7 Å². The van der Waals surface area contributed by atoms with Gasteiger partial charge in [-0.25, -0.2) is 8.42 Å². The van der Waals surface area contributed by atoms with Crippen LogP contribution in [0.4, 0.5) is 0 Å². The van der Waals surface area contributed by atoms with E-state index in [-0.39, 0.29) is 10.8 Å². The number of nitrogens with zero attached hydrogens (tertiary/aromatic N) is 3. The van der Waals surface area contributed by atoms with Crippen molar-refractivity contribution in [1.82, 2.24) is 13.9 Å². The highest BCUT2D eigenvalue weighted by molar-refractivity contribution is 7.89. The van der Waals surface area contributed by atoms with E-state index in [1.807, 2.05) is 25.3 Å². The summed E-state index contributed by atoms with van der Waals surface area (Å²) in [5, 5.41) is 0. The summed E-state index contributed by atoms with van der Waals surface area (Å²) in [6.07, 6.45) is 5.85. The molecule has 0 aromatic carbocycles. The SMILES string of the molecule is CCOCC[C@@H]1CN(S(=O)(=O)c2cccnc2)Cc2cccn2C1. The molecular formula is C17H23N3O3S. The van der Waals surface area contributed by atoms with Crippen molar-refractivity contribution in [3.05, 3.63) is 48.5 Å². The van der Waals surface area contributed by atoms with Gasteiger partial charge in [-0.2, -0.15) is 4.31 Å². The van der Waals surface area contributed by atoms with E-state index in [2.05, 4.69) is 9.55 Å². The lowest BCUT2D eigenvalue weighted by Gasteiger charge is -2.23. The maximum Gasteiger partial charge on any atom is 0.244 e. The summed E-state index contributed by atoms with van der Waals surface area (Å²) in [7, 11) is -3.55. The van der Waals surface area contributed by atoms with Crippen LogP contribution < -0.4 is 0 Å². The van der Waals surface area contributed by atoms with Crippen molar-refractivity contribution >= 4 is 10.0 Å². The molecule has 0 amide bonds. The van der Waals surface area contributed by atoms with Crippen molar-refractivity contribution in [2.45, 2.75) is 31.3 Å². The summed E-state index contributed by atoms with van der Waals surface area (Å²) in [5.41, 5.74) is 1.02. The van der Waals surface area contributed by atoms with Crippen LogP contribution >= 0.6 is 0 Å². The third-order valence-corrected chi connectivity index (χ3v) is 6.12. The molecule has 1 aliphatic heterocycles. The second kappa shape index (κ2) is 7.46. The molecule has 0 N–H and O–H groups in total. The van der Waals surface area contributed by atoms with Crippen LogP contribution in [-0.4, -0.2) is 42.0 Å². The van der Waals surface area contributed by atoms with Crippen LogP contribution in [0.15, 0.2) is 47.8 Å². The highest BCUT2D eigenvalue weighted by atomic mass is 32.2. The molecule has 7 heteroatoms. The molecule has 2 aromatic rings. The second-order valence-corrected chi connectivity index (χ2v) is 7.93. The Labute approximate surface area is 143 Å². The summed E-state index contributed by atoms with van der Waals surface area (Å²) in [5.74, 6) is 0.219. The lowest BCUT2D eigenvalue weighted by molar-refractivity contribution is 0.126. The van der Waals surface area contributed by atoms with Crippen LogP contribution in [0.2, 0.25) is 0 Å². The maximum absolute atomic E-state index is 13.0. The normalized spacial score (nSPS) is 19.0. The number of ether oxygens (including phenoxy) is 1. The Hall–Kier alpha value is -1.70. The molecule has 0 radical (unpaired) electrons. The fourth-order valence-electron chi connectivity index (χ4n) is 3.05. The molecule has 6 nitrogen and oxygen atoms in total. The van der Waals surface area contributed by atoms with Crippen molar-refractivity contribution in [3.8, 4) is 0 Å². The molecule has 0 fully saturated rings. The average molecular weight is 349 g/mol. The molecule has 130 valence electrons. The van der Waals surface area contributed by atoms with Crippen LogP contribution in [0.5, 0.6) is 0 Å². The van der Waals surface area contributed by atoms with Crippen molar-refractivity contribution in [3.63, 3.8) is 0 Å². The fourth-order valence-corrected chi connectivity index (χ4v) is 4.50. The van der Waals surface area contributed by atoms with Gasteiger partial charge in [0.1, 0.15) is 4.90 Å². The highest BCUT2D eigenvalue weighted by Crippen LogP contribution is 2.25. The monoisotopic (exact) mass is 349 g/mol. The molecule has 3 heterocycles. The Bertz CT molecular complexity index is 758. The topological polar surface area (TPSA) is 64.4 Å². The molecule has 0 spiro atoms. The van der Waals surface area contributed by atoms with Gasteiger partial charge in [-0.1, -0.05) is 0 Å². The van der Waals surface area contributed by atoms with Crippen LogP contribution in [0, 0.1) is 5.92 Å². The van der Waals surface area contributed by atoms with Crippen molar-refractivity contribution in [1.29, 1.82) is 0 Å². The van der Waals surface area contributed by atoms with Gasteiger partial charge in [0.2, 0.25) is 10.0 Å². The van der Waals surface area contributed by atoms with Gasteiger partial charge in [0.15, 0.2) is 0 Å². The first kappa shape index (κ1) is 17.1. The number of pyridine rings is 1. The molecule has 0 unspecified atom stereocenters. The predicted molar refractivity (Wildman–Crippen MR) is 90.9 cm³/mol. The average Bonchev–Trinajstić information content (AvgIpc) is 2.94. The van der Waals surface area contributed by atoms with E-state index in [1.54, 1.807) is 22.6 Å². The van der Waals surface area contributed by atoms with Gasteiger partial charge in [0.25, 0.3) is 0 Å². The molecule has 3 rings (SSSR count). The van der Waals surface area contributed by atoms with E-state index in [0.29, 0.717) is 26.3 Å². The smallest absolute Gasteiger partial charge is 0.244 e. The molecule has 0 bridgehead atoms. The third-order valence-electron chi connectivity index (χ3n) is 4.33. The first-order chi connectivity index (χ1) is 11.6. The van der Waals surface area contributed by atoms with Crippen LogP contribution in [0.1, 0.15) is 19.0 Å². The first-order valence-corrected chi connectivity index (χ1v) is 9.67. The summed E-state index contributed by atoms with van der Waals surface area (Å²) in [6, 6.07) is 7.20. The third kappa shape index (κ3) is 3.68. The Morgan fingerprint density at radius 1 is 1.29 bits per heavy atom. The van der Waals surface area contributed by atoms with Gasteiger partial charge in [-0.3, -0.25) is 4.98 Å². The molecule has 24 heavy (non-hydrogen) atoms. The predicted octanol–water partition coefficient (Wildman–Crippen LogP) is 2.13. The van der Waals surface area contributed by atoms with Gasteiger partial charge in [-0.05, 0) is 43.5 Å². The minimum Gasteiger partial charge on any atom is -0.382 e. The van der Waals surface area contributed by atoms with Gasteiger partial charge >= 0.3 is 0 Å². The summed E-state index contributed by atoms with van der Waals surface area (Å²) in [6.45, 7) is 4.99.